The second kappa shape index (κ2) is 8.90. The van der Waals surface area contributed by atoms with E-state index in [1.807, 2.05) is 30.3 Å². The molecule has 160 valence electrons. The van der Waals surface area contributed by atoms with E-state index in [1.165, 1.54) is 19.3 Å². The maximum Gasteiger partial charge on any atom is 0.338 e. The van der Waals surface area contributed by atoms with Crippen LogP contribution in [0.4, 0.5) is 4.79 Å². The SMILES string of the molecule is CCOC(=O)C1=C(COC(=O)CC2CC3CCC2C3)NC(=O)NC1c1ccccc1. The van der Waals surface area contributed by atoms with Crippen molar-refractivity contribution in [2.24, 2.45) is 17.8 Å². The number of urea groups is 1. The van der Waals surface area contributed by atoms with Crippen LogP contribution in [0.2, 0.25) is 0 Å². The molecule has 2 amide bonds. The lowest BCUT2D eigenvalue weighted by atomic mass is 9.86. The number of hydrogen-bond acceptors (Lipinski definition) is 5. The summed E-state index contributed by atoms with van der Waals surface area (Å²) in [7, 11) is 0. The van der Waals surface area contributed by atoms with Gasteiger partial charge in [-0.1, -0.05) is 36.8 Å². The van der Waals surface area contributed by atoms with Gasteiger partial charge in [0.25, 0.3) is 0 Å². The molecule has 4 atom stereocenters. The number of esters is 2. The van der Waals surface area contributed by atoms with E-state index >= 15 is 0 Å². The van der Waals surface area contributed by atoms with Gasteiger partial charge in [0.1, 0.15) is 6.61 Å². The first-order chi connectivity index (χ1) is 14.5. The Hall–Kier alpha value is -2.83. The summed E-state index contributed by atoms with van der Waals surface area (Å²) in [6.07, 6.45) is 5.23. The van der Waals surface area contributed by atoms with Crippen LogP contribution in [-0.4, -0.2) is 31.2 Å². The maximum absolute atomic E-state index is 12.7. The van der Waals surface area contributed by atoms with Gasteiger partial charge in [-0.3, -0.25) is 4.79 Å². The van der Waals surface area contributed by atoms with Gasteiger partial charge >= 0.3 is 18.0 Å². The lowest BCUT2D eigenvalue weighted by Gasteiger charge is -2.29. The van der Waals surface area contributed by atoms with Crippen molar-refractivity contribution in [1.82, 2.24) is 10.6 Å². The topological polar surface area (TPSA) is 93.7 Å². The molecule has 4 unspecified atom stereocenters. The molecule has 2 bridgehead atoms. The van der Waals surface area contributed by atoms with E-state index in [0.29, 0.717) is 18.3 Å². The molecule has 2 fully saturated rings. The predicted octanol–water partition coefficient (Wildman–Crippen LogP) is 3.23. The van der Waals surface area contributed by atoms with Gasteiger partial charge in [-0.2, -0.15) is 0 Å². The average molecular weight is 412 g/mol. The maximum atomic E-state index is 12.7. The van der Waals surface area contributed by atoms with Crippen LogP contribution in [0.25, 0.3) is 0 Å². The molecular weight excluding hydrogens is 384 g/mol. The van der Waals surface area contributed by atoms with Crippen molar-refractivity contribution in [2.45, 2.75) is 45.1 Å². The molecule has 7 heteroatoms. The van der Waals surface area contributed by atoms with Crippen LogP contribution in [0.1, 0.15) is 50.6 Å². The first-order valence-corrected chi connectivity index (χ1v) is 10.7. The second-order valence-electron chi connectivity index (χ2n) is 8.35. The first-order valence-electron chi connectivity index (χ1n) is 10.7. The van der Waals surface area contributed by atoms with Gasteiger partial charge in [-0.05, 0) is 49.5 Å². The van der Waals surface area contributed by atoms with Gasteiger partial charge in [-0.25, -0.2) is 9.59 Å². The molecule has 7 nitrogen and oxygen atoms in total. The van der Waals surface area contributed by atoms with E-state index in [0.717, 1.165) is 17.9 Å². The third kappa shape index (κ3) is 4.35. The lowest BCUT2D eigenvalue weighted by molar-refractivity contribution is -0.145. The molecular formula is C23H28N2O5. The first kappa shape index (κ1) is 20.4. The molecule has 1 aromatic rings. The Morgan fingerprint density at radius 2 is 1.90 bits per heavy atom. The minimum absolute atomic E-state index is 0.162. The highest BCUT2D eigenvalue weighted by molar-refractivity contribution is 5.95. The smallest absolute Gasteiger partial charge is 0.338 e. The van der Waals surface area contributed by atoms with E-state index < -0.39 is 18.0 Å². The van der Waals surface area contributed by atoms with Crippen LogP contribution in [-0.2, 0) is 19.1 Å². The van der Waals surface area contributed by atoms with E-state index in [9.17, 15) is 14.4 Å². The average Bonchev–Trinajstić information content (AvgIpc) is 3.36. The molecule has 4 rings (SSSR count). The summed E-state index contributed by atoms with van der Waals surface area (Å²) < 4.78 is 10.7. The fourth-order valence-corrected chi connectivity index (χ4v) is 5.13. The zero-order chi connectivity index (χ0) is 21.1. The number of benzene rings is 1. The molecule has 0 saturated heterocycles. The van der Waals surface area contributed by atoms with Crippen molar-refractivity contribution in [3.05, 3.63) is 47.2 Å². The summed E-state index contributed by atoms with van der Waals surface area (Å²) in [5, 5.41) is 5.40. The zero-order valence-corrected chi connectivity index (χ0v) is 17.2. The van der Waals surface area contributed by atoms with Crippen molar-refractivity contribution in [3.63, 3.8) is 0 Å². The van der Waals surface area contributed by atoms with Crippen LogP contribution < -0.4 is 10.6 Å². The highest BCUT2D eigenvalue weighted by Crippen LogP contribution is 2.49. The van der Waals surface area contributed by atoms with Crippen LogP contribution in [0.5, 0.6) is 0 Å². The minimum Gasteiger partial charge on any atom is -0.463 e. The Labute approximate surface area is 176 Å². The minimum atomic E-state index is -0.668. The number of nitrogens with one attached hydrogen (secondary N) is 2. The second-order valence-corrected chi connectivity index (χ2v) is 8.35. The van der Waals surface area contributed by atoms with Crippen molar-refractivity contribution in [1.29, 1.82) is 0 Å². The molecule has 0 spiro atoms. The lowest BCUT2D eigenvalue weighted by Crippen LogP contribution is -2.47. The van der Waals surface area contributed by atoms with Crippen LogP contribution in [0.15, 0.2) is 41.6 Å². The molecule has 1 aromatic carbocycles. The van der Waals surface area contributed by atoms with Gasteiger partial charge in [-0.15, -0.1) is 0 Å². The van der Waals surface area contributed by atoms with Crippen LogP contribution in [0.3, 0.4) is 0 Å². The molecule has 3 aliphatic rings. The monoisotopic (exact) mass is 412 g/mol. The molecule has 2 saturated carbocycles. The Bertz CT molecular complexity index is 850. The molecule has 0 aromatic heterocycles. The van der Waals surface area contributed by atoms with E-state index in [2.05, 4.69) is 10.6 Å². The summed E-state index contributed by atoms with van der Waals surface area (Å²) in [5.41, 5.74) is 1.28. The fourth-order valence-electron chi connectivity index (χ4n) is 5.13. The molecule has 2 aliphatic carbocycles. The summed E-state index contributed by atoms with van der Waals surface area (Å²) in [6, 6.07) is 8.07. The van der Waals surface area contributed by atoms with Gasteiger partial charge in [0, 0.05) is 6.42 Å². The van der Waals surface area contributed by atoms with E-state index in [4.69, 9.17) is 9.47 Å². The highest BCUT2D eigenvalue weighted by atomic mass is 16.5. The Morgan fingerprint density at radius 1 is 1.10 bits per heavy atom. The van der Waals surface area contributed by atoms with Gasteiger partial charge in [0.2, 0.25) is 0 Å². The number of hydrogen-bond donors (Lipinski definition) is 2. The molecule has 30 heavy (non-hydrogen) atoms. The van der Waals surface area contributed by atoms with Gasteiger partial charge in [0.05, 0.1) is 23.9 Å². The molecule has 1 aliphatic heterocycles. The normalized spacial score (nSPS) is 27.4. The number of carbonyl (C=O) groups is 3. The van der Waals surface area contributed by atoms with E-state index in [-0.39, 0.29) is 30.5 Å². The number of rotatable bonds is 7. The molecule has 2 N–H and O–H groups in total. The van der Waals surface area contributed by atoms with Crippen molar-refractivity contribution < 1.29 is 23.9 Å². The highest BCUT2D eigenvalue weighted by Gasteiger charge is 2.40. The quantitative estimate of drug-likeness (QED) is 0.671. The largest absolute Gasteiger partial charge is 0.463 e. The van der Waals surface area contributed by atoms with Crippen molar-refractivity contribution >= 4 is 18.0 Å². The Morgan fingerprint density at radius 3 is 2.57 bits per heavy atom. The fraction of sp³-hybridized carbons (Fsp3) is 0.522. The summed E-state index contributed by atoms with van der Waals surface area (Å²) in [6.45, 7) is 1.76. The summed E-state index contributed by atoms with van der Waals surface area (Å²) in [4.78, 5) is 37.4. The third-order valence-electron chi connectivity index (χ3n) is 6.47. The number of fused-ring (bicyclic) bond motifs is 2. The Kier molecular flexibility index (Phi) is 6.06. The standard InChI is InChI=1S/C23H28N2O5/c1-2-29-22(27)20-18(24-23(28)25-21(20)15-6-4-3-5-7-15)13-30-19(26)12-17-11-14-8-9-16(17)10-14/h3-7,14,16-17,21H,2,8-13H2,1H3,(H2,24,25,28). The summed E-state index contributed by atoms with van der Waals surface area (Å²) in [5.74, 6) is 0.971. The molecule has 0 radical (unpaired) electrons. The molecule has 1 heterocycles. The van der Waals surface area contributed by atoms with Gasteiger partial charge in [0.15, 0.2) is 0 Å². The third-order valence-corrected chi connectivity index (χ3v) is 6.47. The Balaban J connectivity index is 1.50. The summed E-state index contributed by atoms with van der Waals surface area (Å²) >= 11 is 0. The number of amides is 2. The van der Waals surface area contributed by atoms with E-state index in [1.54, 1.807) is 6.92 Å². The number of ether oxygens (including phenoxy) is 2. The zero-order valence-electron chi connectivity index (χ0n) is 17.2. The van der Waals surface area contributed by atoms with Crippen LogP contribution in [0, 0.1) is 17.8 Å². The van der Waals surface area contributed by atoms with Crippen LogP contribution >= 0.6 is 0 Å². The van der Waals surface area contributed by atoms with Crippen molar-refractivity contribution in [2.75, 3.05) is 13.2 Å². The van der Waals surface area contributed by atoms with Gasteiger partial charge < -0.3 is 20.1 Å². The van der Waals surface area contributed by atoms with Crippen molar-refractivity contribution in [3.8, 4) is 0 Å². The number of carbonyl (C=O) groups excluding carboxylic acids is 3. The predicted molar refractivity (Wildman–Crippen MR) is 109 cm³/mol.